The van der Waals surface area contributed by atoms with Gasteiger partial charge in [0, 0.05) is 11.8 Å². The molecule has 0 atom stereocenters. The van der Waals surface area contributed by atoms with Gasteiger partial charge in [-0.15, -0.1) is 0 Å². The first-order chi connectivity index (χ1) is 10.4. The Labute approximate surface area is 129 Å². The second kappa shape index (κ2) is 6.35. The van der Waals surface area contributed by atoms with Gasteiger partial charge in [-0.2, -0.15) is 5.10 Å². The Morgan fingerprint density at radius 3 is 2.64 bits per heavy atom. The summed E-state index contributed by atoms with van der Waals surface area (Å²) < 4.78 is 1.51. The van der Waals surface area contributed by atoms with Gasteiger partial charge in [0.05, 0.1) is 10.6 Å². The summed E-state index contributed by atoms with van der Waals surface area (Å²) in [5, 5.41) is 14.5. The van der Waals surface area contributed by atoms with E-state index in [-0.39, 0.29) is 16.4 Å². The van der Waals surface area contributed by atoms with E-state index in [4.69, 9.17) is 0 Å². The summed E-state index contributed by atoms with van der Waals surface area (Å²) in [5.74, 6) is -1.06. The van der Waals surface area contributed by atoms with Gasteiger partial charge in [0.1, 0.15) is 11.4 Å². The Morgan fingerprint density at radius 2 is 2.09 bits per heavy atom. The minimum Gasteiger partial charge on any atom is -0.271 e. The van der Waals surface area contributed by atoms with Gasteiger partial charge in [0.15, 0.2) is 0 Å². The lowest BCUT2D eigenvalue weighted by molar-refractivity contribution is -0.380. The quantitative estimate of drug-likeness (QED) is 0.641. The van der Waals surface area contributed by atoms with Crippen LogP contribution in [0.3, 0.4) is 0 Å². The molecule has 116 valence electrons. The highest BCUT2D eigenvalue weighted by Crippen LogP contribution is 2.23. The van der Waals surface area contributed by atoms with Crippen molar-refractivity contribution in [2.24, 2.45) is 0 Å². The van der Waals surface area contributed by atoms with E-state index in [1.165, 1.54) is 16.8 Å². The number of nitrogens with zero attached hydrogens (tertiary/aromatic N) is 3. The van der Waals surface area contributed by atoms with Gasteiger partial charge in [-0.1, -0.05) is 11.3 Å². The molecule has 10 heteroatoms. The Hall–Kier alpha value is -2.75. The number of amides is 2. The average Bonchev–Trinajstić information content (AvgIpc) is 3.04. The molecule has 0 saturated heterocycles. The van der Waals surface area contributed by atoms with Crippen LogP contribution in [0.15, 0.2) is 18.2 Å². The van der Waals surface area contributed by atoms with Gasteiger partial charge in [-0.25, -0.2) is 0 Å². The first-order valence-corrected chi connectivity index (χ1v) is 7.03. The number of thiophene rings is 1. The smallest absolute Gasteiger partial charge is 0.271 e. The Bertz CT molecular complexity index is 736. The minimum absolute atomic E-state index is 0.0372. The van der Waals surface area contributed by atoms with Gasteiger partial charge in [0.2, 0.25) is 0 Å². The summed E-state index contributed by atoms with van der Waals surface area (Å²) in [6.07, 6.45) is 0. The summed E-state index contributed by atoms with van der Waals surface area (Å²) in [5.41, 5.74) is 6.07. The fraction of sp³-hybridized carbons (Fsp3) is 0.250. The van der Waals surface area contributed by atoms with Gasteiger partial charge in [-0.3, -0.25) is 35.2 Å². The third kappa shape index (κ3) is 3.67. The van der Waals surface area contributed by atoms with Crippen molar-refractivity contribution in [3.8, 4) is 0 Å². The molecule has 2 amide bonds. The first-order valence-electron chi connectivity index (χ1n) is 6.21. The number of carbonyl (C=O) groups is 2. The van der Waals surface area contributed by atoms with Crippen LogP contribution in [-0.2, 0) is 11.3 Å². The fourth-order valence-electron chi connectivity index (χ4n) is 1.75. The third-order valence-corrected chi connectivity index (χ3v) is 3.74. The molecule has 0 unspecified atom stereocenters. The molecule has 22 heavy (non-hydrogen) atoms. The summed E-state index contributed by atoms with van der Waals surface area (Å²) in [7, 11) is 0. The molecule has 2 heterocycles. The first kappa shape index (κ1) is 15.6. The molecule has 0 bridgehead atoms. The number of nitrogens with one attached hydrogen (secondary N) is 2. The molecule has 2 aromatic rings. The van der Waals surface area contributed by atoms with Crippen LogP contribution < -0.4 is 10.9 Å². The SMILES string of the molecule is Cc1cc(C)n(CC(=O)NNC(=O)c2ccc([N+](=O)[O-])s2)n1. The molecular weight excluding hydrogens is 310 g/mol. The number of aryl methyl sites for hydroxylation is 2. The number of hydrazine groups is 1. The van der Waals surface area contributed by atoms with Crippen LogP contribution in [0.4, 0.5) is 5.00 Å². The summed E-state index contributed by atoms with van der Waals surface area (Å²) in [6, 6.07) is 4.39. The van der Waals surface area contributed by atoms with E-state index in [2.05, 4.69) is 16.0 Å². The van der Waals surface area contributed by atoms with Crippen molar-refractivity contribution in [3.05, 3.63) is 44.6 Å². The van der Waals surface area contributed by atoms with Crippen LogP contribution in [0.2, 0.25) is 0 Å². The number of aromatic nitrogens is 2. The van der Waals surface area contributed by atoms with Gasteiger partial charge in [0.25, 0.3) is 11.8 Å². The zero-order valence-electron chi connectivity index (χ0n) is 11.8. The fourth-order valence-corrected chi connectivity index (χ4v) is 2.46. The topological polar surface area (TPSA) is 119 Å². The van der Waals surface area contributed by atoms with Crippen LogP contribution in [0.5, 0.6) is 0 Å². The van der Waals surface area contributed by atoms with E-state index in [1.807, 2.05) is 19.9 Å². The standard InChI is InChI=1S/C12H13N5O4S/c1-7-5-8(2)16(15-7)6-10(18)13-14-12(19)9-3-4-11(22-9)17(20)21/h3-5H,6H2,1-2H3,(H,13,18)(H,14,19). The monoisotopic (exact) mass is 323 g/mol. The van der Waals surface area contributed by atoms with Gasteiger partial charge in [-0.05, 0) is 26.0 Å². The maximum Gasteiger partial charge on any atom is 0.324 e. The molecule has 0 saturated carbocycles. The summed E-state index contributed by atoms with van der Waals surface area (Å²) >= 11 is 0.731. The highest BCUT2D eigenvalue weighted by Gasteiger charge is 2.16. The van der Waals surface area contributed by atoms with E-state index in [0.717, 1.165) is 22.7 Å². The second-order valence-corrected chi connectivity index (χ2v) is 5.54. The van der Waals surface area contributed by atoms with Crippen molar-refractivity contribution in [2.75, 3.05) is 0 Å². The zero-order chi connectivity index (χ0) is 16.3. The minimum atomic E-state index is -0.611. The van der Waals surface area contributed by atoms with Crippen LogP contribution in [0.1, 0.15) is 21.1 Å². The predicted molar refractivity (Wildman–Crippen MR) is 78.3 cm³/mol. The summed E-state index contributed by atoms with van der Waals surface area (Å²) in [6.45, 7) is 3.59. The average molecular weight is 323 g/mol. The molecule has 0 aliphatic carbocycles. The Balaban J connectivity index is 1.88. The van der Waals surface area contributed by atoms with Crippen molar-refractivity contribution < 1.29 is 14.5 Å². The molecule has 0 aliphatic heterocycles. The lowest BCUT2D eigenvalue weighted by Crippen LogP contribution is -2.43. The van der Waals surface area contributed by atoms with Gasteiger partial charge < -0.3 is 0 Å². The van der Waals surface area contributed by atoms with E-state index in [9.17, 15) is 19.7 Å². The molecule has 0 aliphatic rings. The number of rotatable bonds is 4. The van der Waals surface area contributed by atoms with Crippen LogP contribution in [-0.4, -0.2) is 26.5 Å². The number of hydrogen-bond acceptors (Lipinski definition) is 6. The van der Waals surface area contributed by atoms with E-state index in [1.54, 1.807) is 0 Å². The Morgan fingerprint density at radius 1 is 1.36 bits per heavy atom. The van der Waals surface area contributed by atoms with Crippen molar-refractivity contribution in [3.63, 3.8) is 0 Å². The van der Waals surface area contributed by atoms with Gasteiger partial charge >= 0.3 is 5.00 Å². The third-order valence-electron chi connectivity index (χ3n) is 2.71. The molecular formula is C12H13N5O4S. The van der Waals surface area contributed by atoms with Crippen LogP contribution >= 0.6 is 11.3 Å². The second-order valence-electron chi connectivity index (χ2n) is 4.48. The molecule has 0 radical (unpaired) electrons. The molecule has 0 spiro atoms. The van der Waals surface area contributed by atoms with Crippen molar-refractivity contribution in [1.29, 1.82) is 0 Å². The molecule has 9 nitrogen and oxygen atoms in total. The van der Waals surface area contributed by atoms with E-state index < -0.39 is 16.7 Å². The van der Waals surface area contributed by atoms with E-state index in [0.29, 0.717) is 0 Å². The normalized spacial score (nSPS) is 10.3. The lowest BCUT2D eigenvalue weighted by atomic mass is 10.4. The predicted octanol–water partition coefficient (Wildman–Crippen LogP) is 0.931. The maximum atomic E-state index is 11.7. The van der Waals surface area contributed by atoms with Crippen LogP contribution in [0.25, 0.3) is 0 Å². The highest BCUT2D eigenvalue weighted by molar-refractivity contribution is 7.17. The maximum absolute atomic E-state index is 11.7. The highest BCUT2D eigenvalue weighted by atomic mass is 32.1. The lowest BCUT2D eigenvalue weighted by Gasteiger charge is -2.07. The number of carbonyl (C=O) groups excluding carboxylic acids is 2. The molecule has 2 aromatic heterocycles. The number of hydrogen-bond donors (Lipinski definition) is 2. The van der Waals surface area contributed by atoms with Crippen LogP contribution in [0, 0.1) is 24.0 Å². The zero-order valence-corrected chi connectivity index (χ0v) is 12.6. The largest absolute Gasteiger partial charge is 0.324 e. The molecule has 2 rings (SSSR count). The number of nitro groups is 1. The van der Waals surface area contributed by atoms with Crippen molar-refractivity contribution >= 4 is 28.2 Å². The molecule has 0 fully saturated rings. The molecule has 2 N–H and O–H groups in total. The molecule has 0 aromatic carbocycles. The van der Waals surface area contributed by atoms with Crippen molar-refractivity contribution in [1.82, 2.24) is 20.6 Å². The van der Waals surface area contributed by atoms with Crippen molar-refractivity contribution in [2.45, 2.75) is 20.4 Å². The summed E-state index contributed by atoms with van der Waals surface area (Å²) in [4.78, 5) is 33.6. The Kier molecular flexibility index (Phi) is 4.51. The van der Waals surface area contributed by atoms with E-state index >= 15 is 0 Å².